The molecule has 2 nitrogen and oxygen atoms in total. The summed E-state index contributed by atoms with van der Waals surface area (Å²) in [7, 11) is 15.0. The van der Waals surface area contributed by atoms with Crippen LogP contribution in [0.15, 0.2) is 60.7 Å². The van der Waals surface area contributed by atoms with Gasteiger partial charge in [-0.05, 0) is 25.0 Å². The van der Waals surface area contributed by atoms with E-state index in [-0.39, 0.29) is 0 Å². The normalized spacial score (nSPS) is 11.0. The van der Waals surface area contributed by atoms with Crippen molar-refractivity contribution in [3.05, 3.63) is 71.8 Å². The minimum absolute atomic E-state index is 0.729. The van der Waals surface area contributed by atoms with Crippen molar-refractivity contribution in [1.29, 1.82) is 5.26 Å². The zero-order valence-corrected chi connectivity index (χ0v) is 17.5. The molecule has 0 aliphatic carbocycles. The third-order valence-electron chi connectivity index (χ3n) is 3.57. The number of hydrogen-bond donors (Lipinski definition) is 1. The van der Waals surface area contributed by atoms with Gasteiger partial charge in [0.25, 0.3) is 0 Å². The van der Waals surface area contributed by atoms with Gasteiger partial charge >= 0.3 is 43.7 Å². The second kappa shape index (κ2) is 9.21. The molecule has 0 radical (unpaired) electrons. The average Bonchev–Trinajstić information content (AvgIpc) is 2.55. The molecule has 2 aromatic carbocycles. The van der Waals surface area contributed by atoms with Crippen LogP contribution in [0, 0.1) is 16.7 Å². The van der Waals surface area contributed by atoms with Crippen LogP contribution in [0.2, 0.25) is 0 Å². The Morgan fingerprint density at radius 1 is 0.870 bits per heavy atom. The Morgan fingerprint density at radius 3 is 1.43 bits per heavy atom. The van der Waals surface area contributed by atoms with Crippen LogP contribution < -0.4 is 0 Å². The summed E-state index contributed by atoms with van der Waals surface area (Å²) in [5, 5.41) is 20.7. The van der Waals surface area contributed by atoms with Crippen molar-refractivity contribution < 1.29 is 23.3 Å². The first-order chi connectivity index (χ1) is 10.8. The summed E-state index contributed by atoms with van der Waals surface area (Å²) in [6.07, 6.45) is 0. The van der Waals surface area contributed by atoms with Gasteiger partial charge in [-0.15, -0.1) is 0 Å². The van der Waals surface area contributed by atoms with Crippen LogP contribution in [0.1, 0.15) is 25.0 Å². The summed E-state index contributed by atoms with van der Waals surface area (Å²) < 4.78 is 0. The molecule has 0 unspecified atom stereocenters. The van der Waals surface area contributed by atoms with Gasteiger partial charge in [0.15, 0.2) is 0 Å². The average molecular weight is 449 g/mol. The monoisotopic (exact) mass is 446 g/mol. The predicted molar refractivity (Wildman–Crippen MR) is 92.8 cm³/mol. The molecule has 2 aromatic rings. The van der Waals surface area contributed by atoms with Crippen LogP contribution in [0.3, 0.4) is 0 Å². The molecule has 121 valence electrons. The number of rotatable bonds is 3. The van der Waals surface area contributed by atoms with Crippen LogP contribution in [0.5, 0.6) is 0 Å². The number of halogens is 3. The summed E-state index contributed by atoms with van der Waals surface area (Å²) in [4.78, 5) is 0. The fourth-order valence-corrected chi connectivity index (χ4v) is 2.33. The zero-order valence-electron chi connectivity index (χ0n) is 12.8. The van der Waals surface area contributed by atoms with E-state index in [2.05, 4.69) is 6.07 Å². The molecular weight excluding hydrogens is 432 g/mol. The Kier molecular flexibility index (Phi) is 8.28. The molecule has 0 bridgehead atoms. The second-order valence-corrected chi connectivity index (χ2v) is 16.6. The Bertz CT molecular complexity index is 600. The zero-order chi connectivity index (χ0) is 17.5. The fourth-order valence-electron chi connectivity index (χ4n) is 2.33. The van der Waals surface area contributed by atoms with Crippen molar-refractivity contribution in [2.75, 3.05) is 0 Å². The maximum atomic E-state index is 11.3. The molecule has 0 atom stereocenters. The van der Waals surface area contributed by atoms with Crippen LogP contribution in [-0.2, 0) is 23.8 Å². The van der Waals surface area contributed by atoms with E-state index in [9.17, 15) is 10.4 Å². The van der Waals surface area contributed by atoms with Gasteiger partial charge in [-0.1, -0.05) is 60.7 Å². The summed E-state index contributed by atoms with van der Waals surface area (Å²) in [6.45, 7) is 3.51. The van der Waals surface area contributed by atoms with Crippen LogP contribution >= 0.6 is 25.5 Å². The fraction of sp³-hybridized carbons (Fsp3) is 0.235. The van der Waals surface area contributed by atoms with Gasteiger partial charge in [0, 0.05) is 0 Å². The topological polar surface area (TPSA) is 44.0 Å². The SMILES string of the molecule is CC(C)(C#N)C(O)(c1ccccc1)c1ccccc1.[Cl][Zr]([Cl])[Cl]. The number of nitriles is 1. The number of hydrogen-bond acceptors (Lipinski definition) is 2. The number of benzene rings is 2. The van der Waals surface area contributed by atoms with Crippen molar-refractivity contribution in [2.24, 2.45) is 5.41 Å². The van der Waals surface area contributed by atoms with Crippen molar-refractivity contribution in [2.45, 2.75) is 19.4 Å². The van der Waals surface area contributed by atoms with E-state index >= 15 is 0 Å². The van der Waals surface area contributed by atoms with Gasteiger partial charge in [-0.2, -0.15) is 5.26 Å². The Morgan fingerprint density at radius 2 is 1.17 bits per heavy atom. The van der Waals surface area contributed by atoms with Gasteiger partial charge in [0.2, 0.25) is 0 Å². The molecule has 0 saturated heterocycles. The first-order valence-electron chi connectivity index (χ1n) is 6.84. The van der Waals surface area contributed by atoms with Gasteiger partial charge in [-0.25, -0.2) is 0 Å². The Labute approximate surface area is 155 Å². The molecule has 0 spiro atoms. The van der Waals surface area contributed by atoms with Crippen LogP contribution in [0.4, 0.5) is 0 Å². The van der Waals surface area contributed by atoms with E-state index in [1.807, 2.05) is 60.7 Å². The van der Waals surface area contributed by atoms with Crippen LogP contribution in [0.25, 0.3) is 0 Å². The molecule has 0 amide bonds. The summed E-state index contributed by atoms with van der Waals surface area (Å²) in [6, 6.07) is 20.9. The first-order valence-corrected chi connectivity index (χ1v) is 16.3. The number of nitrogens with zero attached hydrogens (tertiary/aromatic N) is 1. The molecule has 0 aromatic heterocycles. The van der Waals surface area contributed by atoms with Crippen LogP contribution in [-0.4, -0.2) is 5.11 Å². The van der Waals surface area contributed by atoms with E-state index in [0.29, 0.717) is 0 Å². The van der Waals surface area contributed by atoms with Crippen molar-refractivity contribution in [3.63, 3.8) is 0 Å². The molecule has 0 heterocycles. The molecule has 2 rings (SSSR count). The van der Waals surface area contributed by atoms with E-state index in [1.54, 1.807) is 13.8 Å². The third kappa shape index (κ3) is 5.31. The van der Waals surface area contributed by atoms with E-state index < -0.39 is 29.2 Å². The Hall–Kier alpha value is -0.357. The van der Waals surface area contributed by atoms with Gasteiger partial charge < -0.3 is 5.11 Å². The maximum absolute atomic E-state index is 11.3. The Balaban J connectivity index is 0.000000593. The van der Waals surface area contributed by atoms with E-state index in [1.165, 1.54) is 0 Å². The molecule has 0 aliphatic rings. The van der Waals surface area contributed by atoms with Crippen molar-refractivity contribution in [3.8, 4) is 6.07 Å². The molecule has 0 aliphatic heterocycles. The van der Waals surface area contributed by atoms with Crippen molar-refractivity contribution in [1.82, 2.24) is 0 Å². The van der Waals surface area contributed by atoms with E-state index in [4.69, 9.17) is 25.5 Å². The van der Waals surface area contributed by atoms with E-state index in [0.717, 1.165) is 11.1 Å². The first kappa shape index (κ1) is 20.7. The summed E-state index contributed by atoms with van der Waals surface area (Å²) in [5.41, 5.74) is -0.805. The third-order valence-corrected chi connectivity index (χ3v) is 3.57. The second-order valence-electron chi connectivity index (χ2n) is 5.39. The predicted octanol–water partition coefficient (Wildman–Crippen LogP) is 5.54. The molecular formula is C17H17Cl3NOZr. The number of aliphatic hydroxyl groups is 1. The van der Waals surface area contributed by atoms with Gasteiger partial charge in [0.1, 0.15) is 5.60 Å². The summed E-state index contributed by atoms with van der Waals surface area (Å²) in [5.74, 6) is 0. The standard InChI is InChI=1S/C17H17NO.3ClH.Zr/c1-16(2,13-18)17(19,14-9-5-3-6-10-14)15-11-7-4-8-12-15;;;;/h3-12,19H,1-2H3;3*1H;/q;;;;+3/p-3. The molecule has 6 heteroatoms. The van der Waals surface area contributed by atoms with Crippen molar-refractivity contribution >= 4 is 25.5 Å². The van der Waals surface area contributed by atoms with Gasteiger partial charge in [0.05, 0.1) is 11.5 Å². The molecule has 0 saturated carbocycles. The molecule has 23 heavy (non-hydrogen) atoms. The molecule has 1 N–H and O–H groups in total. The minimum atomic E-state index is -2.13. The summed E-state index contributed by atoms with van der Waals surface area (Å²) >= 11 is -2.13. The van der Waals surface area contributed by atoms with Gasteiger partial charge in [-0.3, -0.25) is 0 Å². The molecule has 0 fully saturated rings. The quantitative estimate of drug-likeness (QED) is 0.670.